The summed E-state index contributed by atoms with van der Waals surface area (Å²) in [5.74, 6) is -0.489. The second-order valence-corrected chi connectivity index (χ2v) is 4.34. The van der Waals surface area contributed by atoms with E-state index >= 15 is 0 Å². The zero-order valence-electron chi connectivity index (χ0n) is 10.8. The standard InChI is InChI=1S/C14H16FNO3/c1-2-5-17-11-8-18-14(19-9-11)12-4-3-10(7-16)6-13(12)15/h3-4,6,11,14H,2,5,8-9H2,1H3. The summed E-state index contributed by atoms with van der Waals surface area (Å²) >= 11 is 0. The molecule has 5 heteroatoms. The van der Waals surface area contributed by atoms with E-state index < -0.39 is 12.1 Å². The van der Waals surface area contributed by atoms with E-state index in [4.69, 9.17) is 19.5 Å². The number of hydrogen-bond acceptors (Lipinski definition) is 4. The van der Waals surface area contributed by atoms with Crippen molar-refractivity contribution in [2.75, 3.05) is 19.8 Å². The highest BCUT2D eigenvalue weighted by Crippen LogP contribution is 2.26. The number of nitrogens with zero attached hydrogens (tertiary/aromatic N) is 1. The van der Waals surface area contributed by atoms with E-state index in [0.717, 1.165) is 6.42 Å². The minimum atomic E-state index is -0.728. The first-order valence-corrected chi connectivity index (χ1v) is 6.29. The summed E-state index contributed by atoms with van der Waals surface area (Å²) in [5, 5.41) is 8.68. The van der Waals surface area contributed by atoms with E-state index in [-0.39, 0.29) is 11.7 Å². The van der Waals surface area contributed by atoms with Crippen molar-refractivity contribution in [2.24, 2.45) is 0 Å². The summed E-state index contributed by atoms with van der Waals surface area (Å²) in [6, 6.07) is 6.13. The third-order valence-corrected chi connectivity index (χ3v) is 2.81. The number of nitriles is 1. The Morgan fingerprint density at radius 1 is 1.42 bits per heavy atom. The van der Waals surface area contributed by atoms with Crippen LogP contribution in [0.2, 0.25) is 0 Å². The predicted molar refractivity (Wildman–Crippen MR) is 65.8 cm³/mol. The molecule has 1 aliphatic rings. The second kappa shape index (κ2) is 6.62. The fourth-order valence-electron chi connectivity index (χ4n) is 1.83. The maximum Gasteiger partial charge on any atom is 0.186 e. The molecule has 1 heterocycles. The Balaban J connectivity index is 1.96. The zero-order chi connectivity index (χ0) is 13.7. The van der Waals surface area contributed by atoms with Crippen molar-refractivity contribution in [3.63, 3.8) is 0 Å². The van der Waals surface area contributed by atoms with Gasteiger partial charge in [0.2, 0.25) is 0 Å². The van der Waals surface area contributed by atoms with Crippen LogP contribution in [0.4, 0.5) is 4.39 Å². The fraction of sp³-hybridized carbons (Fsp3) is 0.500. The maximum atomic E-state index is 13.8. The van der Waals surface area contributed by atoms with Crippen molar-refractivity contribution in [3.05, 3.63) is 35.1 Å². The Morgan fingerprint density at radius 2 is 2.16 bits per heavy atom. The van der Waals surface area contributed by atoms with Crippen LogP contribution < -0.4 is 0 Å². The number of halogens is 1. The molecule has 0 spiro atoms. The van der Waals surface area contributed by atoms with Gasteiger partial charge in [0.1, 0.15) is 11.9 Å². The molecule has 0 aliphatic carbocycles. The molecule has 1 aromatic rings. The first-order chi connectivity index (χ1) is 9.24. The monoisotopic (exact) mass is 265 g/mol. The number of rotatable bonds is 4. The molecule has 0 bridgehead atoms. The van der Waals surface area contributed by atoms with E-state index in [1.54, 1.807) is 6.07 Å². The molecule has 0 atom stereocenters. The number of hydrogen-bond donors (Lipinski definition) is 0. The van der Waals surface area contributed by atoms with E-state index in [2.05, 4.69) is 0 Å². The molecule has 0 radical (unpaired) electrons. The Labute approximate surface area is 111 Å². The molecule has 2 rings (SSSR count). The van der Waals surface area contributed by atoms with Gasteiger partial charge in [-0.3, -0.25) is 0 Å². The molecule has 4 nitrogen and oxygen atoms in total. The summed E-state index contributed by atoms with van der Waals surface area (Å²) in [6.07, 6.45) is 0.108. The highest BCUT2D eigenvalue weighted by molar-refractivity contribution is 5.33. The van der Waals surface area contributed by atoms with Gasteiger partial charge < -0.3 is 14.2 Å². The third kappa shape index (κ3) is 3.51. The lowest BCUT2D eigenvalue weighted by molar-refractivity contribution is -0.231. The lowest BCUT2D eigenvalue weighted by Gasteiger charge is -2.29. The Hall–Kier alpha value is -1.48. The lowest BCUT2D eigenvalue weighted by atomic mass is 10.1. The van der Waals surface area contributed by atoms with Gasteiger partial charge in [-0.2, -0.15) is 5.26 Å². The quantitative estimate of drug-likeness (QED) is 0.839. The van der Waals surface area contributed by atoms with Crippen molar-refractivity contribution in [2.45, 2.75) is 25.7 Å². The first kappa shape index (κ1) is 13.9. The van der Waals surface area contributed by atoms with Crippen molar-refractivity contribution in [3.8, 4) is 6.07 Å². The average molecular weight is 265 g/mol. The third-order valence-electron chi connectivity index (χ3n) is 2.81. The van der Waals surface area contributed by atoms with Crippen molar-refractivity contribution < 1.29 is 18.6 Å². The Bertz CT molecular complexity index is 464. The van der Waals surface area contributed by atoms with Crippen LogP contribution in [-0.4, -0.2) is 25.9 Å². The molecule has 1 aromatic carbocycles. The topological polar surface area (TPSA) is 51.5 Å². The molecule has 0 saturated carbocycles. The van der Waals surface area contributed by atoms with E-state index in [9.17, 15) is 4.39 Å². The van der Waals surface area contributed by atoms with Crippen LogP contribution in [0.3, 0.4) is 0 Å². The van der Waals surface area contributed by atoms with Crippen molar-refractivity contribution in [1.29, 1.82) is 5.26 Å². The molecule has 0 aromatic heterocycles. The van der Waals surface area contributed by atoms with Crippen LogP contribution in [0.1, 0.15) is 30.8 Å². The molecular formula is C14H16FNO3. The Morgan fingerprint density at radius 3 is 2.74 bits per heavy atom. The number of ether oxygens (including phenoxy) is 3. The number of benzene rings is 1. The lowest BCUT2D eigenvalue weighted by Crippen LogP contribution is -2.34. The van der Waals surface area contributed by atoms with Crippen molar-refractivity contribution >= 4 is 0 Å². The molecule has 0 amide bonds. The van der Waals surface area contributed by atoms with Crippen LogP contribution in [0, 0.1) is 17.1 Å². The van der Waals surface area contributed by atoms with Crippen LogP contribution in [-0.2, 0) is 14.2 Å². The van der Waals surface area contributed by atoms with E-state index in [1.807, 2.05) is 13.0 Å². The minimum absolute atomic E-state index is 0.0994. The van der Waals surface area contributed by atoms with Crippen molar-refractivity contribution in [1.82, 2.24) is 0 Å². The summed E-state index contributed by atoms with van der Waals surface area (Å²) in [5.41, 5.74) is 0.592. The van der Waals surface area contributed by atoms with Crippen LogP contribution in [0.15, 0.2) is 18.2 Å². The summed E-state index contributed by atoms with van der Waals surface area (Å²) in [7, 11) is 0. The first-order valence-electron chi connectivity index (χ1n) is 6.29. The van der Waals surface area contributed by atoms with E-state index in [1.165, 1.54) is 12.1 Å². The second-order valence-electron chi connectivity index (χ2n) is 4.34. The van der Waals surface area contributed by atoms with Gasteiger partial charge in [-0.05, 0) is 24.6 Å². The molecule has 102 valence electrons. The summed E-state index contributed by atoms with van der Waals surface area (Å²) < 4.78 is 30.2. The average Bonchev–Trinajstić information content (AvgIpc) is 2.45. The van der Waals surface area contributed by atoms with Crippen LogP contribution in [0.25, 0.3) is 0 Å². The Kier molecular flexibility index (Phi) is 4.86. The normalized spacial score (nSPS) is 23.0. The van der Waals surface area contributed by atoms with Crippen LogP contribution >= 0.6 is 0 Å². The molecule has 0 N–H and O–H groups in total. The van der Waals surface area contributed by atoms with Gasteiger partial charge in [0, 0.05) is 12.2 Å². The minimum Gasteiger partial charge on any atom is -0.373 e. The zero-order valence-corrected chi connectivity index (χ0v) is 10.8. The maximum absolute atomic E-state index is 13.8. The van der Waals surface area contributed by atoms with Gasteiger partial charge in [-0.25, -0.2) is 4.39 Å². The van der Waals surface area contributed by atoms with Gasteiger partial charge >= 0.3 is 0 Å². The summed E-state index contributed by atoms with van der Waals surface area (Å²) in [4.78, 5) is 0. The van der Waals surface area contributed by atoms with Gasteiger partial charge in [-0.15, -0.1) is 0 Å². The molecule has 0 unspecified atom stereocenters. The van der Waals surface area contributed by atoms with Gasteiger partial charge in [0.05, 0.1) is 24.8 Å². The van der Waals surface area contributed by atoms with Gasteiger partial charge in [0.25, 0.3) is 0 Å². The van der Waals surface area contributed by atoms with Gasteiger partial charge in [-0.1, -0.05) is 6.92 Å². The molecule has 1 saturated heterocycles. The molecule has 1 aliphatic heterocycles. The predicted octanol–water partition coefficient (Wildman–Crippen LogP) is 2.54. The largest absolute Gasteiger partial charge is 0.373 e. The molecule has 1 fully saturated rings. The molecular weight excluding hydrogens is 249 g/mol. The van der Waals surface area contributed by atoms with E-state index in [0.29, 0.717) is 25.4 Å². The van der Waals surface area contributed by atoms with Gasteiger partial charge in [0.15, 0.2) is 6.29 Å². The highest BCUT2D eigenvalue weighted by atomic mass is 19.1. The SMILES string of the molecule is CCCOC1COC(c2ccc(C#N)cc2F)OC1. The summed E-state index contributed by atoms with van der Waals surface area (Å²) in [6.45, 7) is 3.45. The smallest absolute Gasteiger partial charge is 0.186 e. The highest BCUT2D eigenvalue weighted by Gasteiger charge is 2.26. The molecule has 19 heavy (non-hydrogen) atoms. The fourth-order valence-corrected chi connectivity index (χ4v) is 1.83. The van der Waals surface area contributed by atoms with Crippen LogP contribution in [0.5, 0.6) is 0 Å².